The minimum Gasteiger partial charge on any atom is -0.416 e. The molecule has 16 heteroatoms. The molecule has 0 saturated carbocycles. The molecule has 1 aliphatic heterocycles. The van der Waals surface area contributed by atoms with Gasteiger partial charge in [0.25, 0.3) is 11.8 Å². The summed E-state index contributed by atoms with van der Waals surface area (Å²) in [5, 5.41) is 27.0. The normalized spacial score (nSPS) is 25.1. The number of aliphatic hydroxyl groups is 2. The SMILES string of the molecule is Nc1cc(C(F)(F)F)c2nc1-c1nnc(o1)C(O)(C(F)(F)F)CCCCCCC2(O)C(F)(F)F. The molecule has 4 N–H and O–H groups in total. The second-order valence-electron chi connectivity index (χ2n) is 7.86. The van der Waals surface area contributed by atoms with Gasteiger partial charge in [-0.05, 0) is 31.7 Å². The molecule has 0 aliphatic carbocycles. The van der Waals surface area contributed by atoms with Gasteiger partial charge in [0.2, 0.25) is 11.2 Å². The summed E-state index contributed by atoms with van der Waals surface area (Å²) in [4.78, 5) is 3.23. The summed E-state index contributed by atoms with van der Waals surface area (Å²) in [6, 6.07) is 0.0417. The molecular weight excluding hydrogens is 491 g/mol. The average Bonchev–Trinajstić information content (AvgIpc) is 3.17. The third-order valence-corrected chi connectivity index (χ3v) is 5.50. The van der Waals surface area contributed by atoms with Gasteiger partial charge in [-0.15, -0.1) is 10.2 Å². The zero-order valence-electron chi connectivity index (χ0n) is 16.9. The molecule has 7 nitrogen and oxygen atoms in total. The van der Waals surface area contributed by atoms with Gasteiger partial charge in [-0.2, -0.15) is 39.5 Å². The molecule has 0 saturated heterocycles. The summed E-state index contributed by atoms with van der Waals surface area (Å²) >= 11 is 0. The van der Waals surface area contributed by atoms with Gasteiger partial charge in [-0.25, -0.2) is 4.98 Å². The first kappa shape index (κ1) is 26.0. The summed E-state index contributed by atoms with van der Waals surface area (Å²) < 4.78 is 128. The van der Waals surface area contributed by atoms with Crippen molar-refractivity contribution in [1.29, 1.82) is 0 Å². The number of halogens is 9. The van der Waals surface area contributed by atoms with Gasteiger partial charge >= 0.3 is 18.5 Å². The molecule has 2 atom stereocenters. The van der Waals surface area contributed by atoms with Crippen LogP contribution in [0.1, 0.15) is 55.7 Å². The van der Waals surface area contributed by atoms with Gasteiger partial charge in [0, 0.05) is 0 Å². The molecule has 2 unspecified atom stereocenters. The van der Waals surface area contributed by atoms with Crippen LogP contribution in [0.3, 0.4) is 0 Å². The Hall–Kier alpha value is -2.62. The van der Waals surface area contributed by atoms with Crippen LogP contribution in [0.2, 0.25) is 0 Å². The Bertz CT molecular complexity index is 1050. The van der Waals surface area contributed by atoms with E-state index in [0.29, 0.717) is 0 Å². The van der Waals surface area contributed by atoms with E-state index in [1.807, 2.05) is 0 Å². The van der Waals surface area contributed by atoms with Crippen molar-refractivity contribution in [3.8, 4) is 11.6 Å². The molecule has 34 heavy (non-hydrogen) atoms. The van der Waals surface area contributed by atoms with E-state index in [2.05, 4.69) is 15.2 Å². The van der Waals surface area contributed by atoms with Gasteiger partial charge in [0.05, 0.1) is 16.9 Å². The van der Waals surface area contributed by atoms with E-state index < -0.39 is 83.4 Å². The summed E-state index contributed by atoms with van der Waals surface area (Å²) in [5.74, 6) is -2.47. The van der Waals surface area contributed by atoms with Crippen LogP contribution in [0.15, 0.2) is 10.5 Å². The molecule has 1 aliphatic rings. The zero-order chi connectivity index (χ0) is 25.7. The zero-order valence-corrected chi connectivity index (χ0v) is 16.9. The van der Waals surface area contributed by atoms with Crippen LogP contribution in [0, 0.1) is 0 Å². The molecule has 0 amide bonds. The van der Waals surface area contributed by atoms with Crippen molar-refractivity contribution in [3.05, 3.63) is 23.2 Å². The van der Waals surface area contributed by atoms with E-state index in [1.165, 1.54) is 0 Å². The highest BCUT2D eigenvalue weighted by atomic mass is 19.4. The van der Waals surface area contributed by atoms with Crippen molar-refractivity contribution in [3.63, 3.8) is 0 Å². The number of alkyl halides is 9. The van der Waals surface area contributed by atoms with Crippen molar-refractivity contribution in [1.82, 2.24) is 15.2 Å². The fourth-order valence-electron chi connectivity index (χ4n) is 3.60. The summed E-state index contributed by atoms with van der Waals surface area (Å²) in [6.45, 7) is 0. The molecule has 3 heterocycles. The highest BCUT2D eigenvalue weighted by Gasteiger charge is 2.60. The predicted octanol–water partition coefficient (Wildman–Crippen LogP) is 4.59. The monoisotopic (exact) mass is 508 g/mol. The van der Waals surface area contributed by atoms with Gasteiger partial charge < -0.3 is 20.4 Å². The first-order valence-corrected chi connectivity index (χ1v) is 9.72. The topological polar surface area (TPSA) is 118 Å². The highest BCUT2D eigenvalue weighted by Crippen LogP contribution is 2.49. The number of nitrogens with zero attached hydrogens (tertiary/aromatic N) is 3. The molecule has 3 rings (SSSR count). The second kappa shape index (κ2) is 8.25. The van der Waals surface area contributed by atoms with E-state index in [4.69, 9.17) is 10.2 Å². The van der Waals surface area contributed by atoms with Crippen LogP contribution in [-0.2, 0) is 17.4 Å². The van der Waals surface area contributed by atoms with Gasteiger partial charge in [0.1, 0.15) is 0 Å². The number of pyridine rings is 1. The van der Waals surface area contributed by atoms with Crippen molar-refractivity contribution in [2.24, 2.45) is 0 Å². The largest absolute Gasteiger partial charge is 0.426 e. The molecule has 0 aromatic carbocycles. The van der Waals surface area contributed by atoms with E-state index >= 15 is 0 Å². The number of rotatable bonds is 0. The Morgan fingerprint density at radius 1 is 0.824 bits per heavy atom. The number of nitrogen functional groups attached to an aromatic ring is 1. The highest BCUT2D eigenvalue weighted by molar-refractivity contribution is 5.68. The molecule has 2 aromatic heterocycles. The molecule has 4 bridgehead atoms. The van der Waals surface area contributed by atoms with Crippen LogP contribution in [0.5, 0.6) is 0 Å². The van der Waals surface area contributed by atoms with Gasteiger partial charge in [-0.3, -0.25) is 0 Å². The van der Waals surface area contributed by atoms with E-state index in [0.717, 1.165) is 0 Å². The number of fused-ring (bicyclic) bond motifs is 5. The average molecular weight is 508 g/mol. The summed E-state index contributed by atoms with van der Waals surface area (Å²) in [7, 11) is 0. The quantitative estimate of drug-likeness (QED) is 0.446. The predicted molar refractivity (Wildman–Crippen MR) is 94.5 cm³/mol. The molecule has 2 aromatic rings. The minimum atomic E-state index is -5.61. The number of anilines is 1. The van der Waals surface area contributed by atoms with Crippen LogP contribution < -0.4 is 5.73 Å². The van der Waals surface area contributed by atoms with Gasteiger partial charge in [-0.1, -0.05) is 12.8 Å². The van der Waals surface area contributed by atoms with Crippen LogP contribution >= 0.6 is 0 Å². The third-order valence-electron chi connectivity index (χ3n) is 5.50. The van der Waals surface area contributed by atoms with Crippen molar-refractivity contribution < 1.29 is 54.1 Å². The second-order valence-corrected chi connectivity index (χ2v) is 7.86. The maximum atomic E-state index is 13.9. The number of aromatic nitrogens is 3. The Balaban J connectivity index is 2.33. The van der Waals surface area contributed by atoms with Crippen molar-refractivity contribution >= 4 is 5.69 Å². The Morgan fingerprint density at radius 2 is 1.35 bits per heavy atom. The maximum absolute atomic E-state index is 13.9. The molecule has 0 radical (unpaired) electrons. The molecule has 0 spiro atoms. The fraction of sp³-hybridized carbons (Fsp3) is 0.611. The molecule has 190 valence electrons. The van der Waals surface area contributed by atoms with Crippen molar-refractivity contribution in [2.45, 2.75) is 68.3 Å². The first-order valence-electron chi connectivity index (χ1n) is 9.72. The standard InChI is InChI=1S/C18H17F9N4O3/c19-16(20,21)8-7-9(28)10-12-30-31-13(34-12)15(33,18(25,26)27)6-4-2-1-3-5-14(32,11(8)29-10)17(22,23)24/h7,32-33H,1-6,28H2. The van der Waals surface area contributed by atoms with Crippen molar-refractivity contribution in [2.75, 3.05) is 5.73 Å². The van der Waals surface area contributed by atoms with Crippen LogP contribution in [-0.4, -0.2) is 37.7 Å². The first-order chi connectivity index (χ1) is 15.4. The fourth-order valence-corrected chi connectivity index (χ4v) is 3.60. The Labute approximate surface area is 184 Å². The number of hydrogen-bond acceptors (Lipinski definition) is 7. The summed E-state index contributed by atoms with van der Waals surface area (Å²) in [6.07, 6.45) is -19.8. The Morgan fingerprint density at radius 3 is 1.85 bits per heavy atom. The lowest BCUT2D eigenvalue weighted by Crippen LogP contribution is -2.44. The minimum absolute atomic E-state index is 0.0417. The maximum Gasteiger partial charge on any atom is 0.426 e. The van der Waals surface area contributed by atoms with Crippen LogP contribution in [0.25, 0.3) is 11.6 Å². The lowest BCUT2D eigenvalue weighted by atomic mass is 9.87. The Kier molecular flexibility index (Phi) is 6.31. The molecule has 0 fully saturated rings. The number of hydrogen-bond donors (Lipinski definition) is 3. The van der Waals surface area contributed by atoms with Crippen LogP contribution in [0.4, 0.5) is 45.2 Å². The third kappa shape index (κ3) is 4.39. The van der Waals surface area contributed by atoms with E-state index in [1.54, 1.807) is 0 Å². The van der Waals surface area contributed by atoms with E-state index in [9.17, 15) is 49.7 Å². The van der Waals surface area contributed by atoms with E-state index in [-0.39, 0.29) is 25.3 Å². The van der Waals surface area contributed by atoms with Gasteiger partial charge in [0.15, 0.2) is 5.69 Å². The molecular formula is C18H17F9N4O3. The lowest BCUT2D eigenvalue weighted by molar-refractivity contribution is -0.277. The smallest absolute Gasteiger partial charge is 0.416 e. The number of nitrogens with two attached hydrogens (primary N) is 1. The lowest BCUT2D eigenvalue weighted by Gasteiger charge is -2.32. The summed E-state index contributed by atoms with van der Waals surface area (Å²) in [5.41, 5.74) is -8.05.